The van der Waals surface area contributed by atoms with Gasteiger partial charge in [-0.15, -0.1) is 0 Å². The van der Waals surface area contributed by atoms with Crippen LogP contribution < -0.4 is 19.7 Å². The number of para-hydroxylation sites is 1. The summed E-state index contributed by atoms with van der Waals surface area (Å²) in [4.78, 5) is 38.7. The summed E-state index contributed by atoms with van der Waals surface area (Å²) in [6, 6.07) is 20.9. The van der Waals surface area contributed by atoms with Crippen molar-refractivity contribution in [2.24, 2.45) is 0 Å². The molecule has 7 nitrogen and oxygen atoms in total. The van der Waals surface area contributed by atoms with Crippen molar-refractivity contribution >= 4 is 45.5 Å². The van der Waals surface area contributed by atoms with Gasteiger partial charge >= 0.3 is 6.03 Å². The molecule has 0 saturated carbocycles. The second kappa shape index (κ2) is 11.9. The molecule has 0 bridgehead atoms. The van der Waals surface area contributed by atoms with E-state index in [0.29, 0.717) is 36.1 Å². The summed E-state index contributed by atoms with van der Waals surface area (Å²) in [6.07, 6.45) is 2.49. The van der Waals surface area contributed by atoms with Gasteiger partial charge in [-0.25, -0.2) is 9.69 Å². The third-order valence-electron chi connectivity index (χ3n) is 6.05. The maximum absolute atomic E-state index is 13.0. The molecule has 0 radical (unpaired) electrons. The Morgan fingerprint density at radius 2 is 1.59 bits per heavy atom. The normalized spacial score (nSPS) is 15.5. The summed E-state index contributed by atoms with van der Waals surface area (Å²) >= 11 is 3.33. The van der Waals surface area contributed by atoms with Gasteiger partial charge in [0.15, 0.2) is 0 Å². The van der Waals surface area contributed by atoms with E-state index in [4.69, 9.17) is 9.47 Å². The number of ether oxygens (including phenoxy) is 2. The van der Waals surface area contributed by atoms with Crippen molar-refractivity contribution in [2.75, 3.05) is 18.1 Å². The number of nitrogens with one attached hydrogen (secondary N) is 1. The molecule has 4 rings (SSSR count). The number of amides is 4. The van der Waals surface area contributed by atoms with Gasteiger partial charge in [-0.2, -0.15) is 0 Å². The molecule has 1 aliphatic rings. The molecule has 3 aromatic rings. The summed E-state index contributed by atoms with van der Waals surface area (Å²) in [5.41, 5.74) is 2.03. The minimum atomic E-state index is -0.785. The Bertz CT molecular complexity index is 1320. The number of rotatable bonds is 9. The van der Waals surface area contributed by atoms with E-state index < -0.39 is 17.8 Å². The van der Waals surface area contributed by atoms with Crippen LogP contribution in [-0.4, -0.2) is 31.1 Å². The minimum Gasteiger partial charge on any atom is -0.490 e. The third-order valence-corrected chi connectivity index (χ3v) is 6.58. The van der Waals surface area contributed by atoms with E-state index in [9.17, 15) is 14.4 Å². The largest absolute Gasteiger partial charge is 0.490 e. The lowest BCUT2D eigenvalue weighted by Crippen LogP contribution is -2.54. The third kappa shape index (κ3) is 6.27. The average molecular weight is 563 g/mol. The molecular weight excluding hydrogens is 536 g/mol. The number of hydrogen-bond donors (Lipinski definition) is 1. The number of urea groups is 1. The molecule has 0 spiro atoms. The second-order valence-corrected chi connectivity index (χ2v) is 9.46. The number of nitrogens with zero attached hydrogens (tertiary/aromatic N) is 1. The van der Waals surface area contributed by atoms with Crippen LogP contribution in [0.1, 0.15) is 37.3 Å². The maximum atomic E-state index is 13.0. The summed E-state index contributed by atoms with van der Waals surface area (Å²) < 4.78 is 12.5. The first-order chi connectivity index (χ1) is 17.9. The van der Waals surface area contributed by atoms with Gasteiger partial charge in [0.05, 0.1) is 5.69 Å². The highest BCUT2D eigenvalue weighted by Crippen LogP contribution is 2.28. The Morgan fingerprint density at radius 1 is 0.919 bits per heavy atom. The Labute approximate surface area is 224 Å². The molecule has 0 aliphatic carbocycles. The van der Waals surface area contributed by atoms with E-state index in [1.165, 1.54) is 11.6 Å². The predicted octanol–water partition coefficient (Wildman–Crippen LogP) is 6.09. The van der Waals surface area contributed by atoms with Crippen LogP contribution in [-0.2, 0) is 9.59 Å². The molecule has 1 aliphatic heterocycles. The molecule has 0 aromatic heterocycles. The second-order valence-electron chi connectivity index (χ2n) is 8.55. The number of carbonyl (C=O) groups excluding carboxylic acids is 3. The van der Waals surface area contributed by atoms with Gasteiger partial charge in [0.1, 0.15) is 30.3 Å². The number of carbonyl (C=O) groups is 3. The SMILES string of the molecule is CCC(C)c1ccccc1OCCOc1ccc(/C=C2/C(=O)NC(=O)N(c3ccc(Br)cc3)C2=O)cc1. The lowest BCUT2D eigenvalue weighted by molar-refractivity contribution is -0.122. The predicted molar refractivity (Wildman–Crippen MR) is 146 cm³/mol. The first kappa shape index (κ1) is 26.2. The molecule has 1 atom stereocenters. The smallest absolute Gasteiger partial charge is 0.335 e. The lowest BCUT2D eigenvalue weighted by atomic mass is 9.98. The zero-order valence-electron chi connectivity index (χ0n) is 20.6. The maximum Gasteiger partial charge on any atom is 0.335 e. The van der Waals surface area contributed by atoms with Gasteiger partial charge in [-0.3, -0.25) is 14.9 Å². The molecule has 1 unspecified atom stereocenters. The molecule has 8 heteroatoms. The zero-order valence-corrected chi connectivity index (χ0v) is 22.2. The van der Waals surface area contributed by atoms with Crippen molar-refractivity contribution in [3.63, 3.8) is 0 Å². The van der Waals surface area contributed by atoms with Crippen LogP contribution in [0.15, 0.2) is 82.8 Å². The van der Waals surface area contributed by atoms with Crippen LogP contribution in [0.4, 0.5) is 10.5 Å². The molecule has 3 aromatic carbocycles. The van der Waals surface area contributed by atoms with E-state index in [1.807, 2.05) is 18.2 Å². The molecular formula is C29H27BrN2O5. The van der Waals surface area contributed by atoms with E-state index in [0.717, 1.165) is 21.5 Å². The number of imide groups is 2. The number of anilines is 1. The Hall–Kier alpha value is -3.91. The fourth-order valence-corrected chi connectivity index (χ4v) is 4.12. The van der Waals surface area contributed by atoms with Gasteiger partial charge in [0.2, 0.25) is 0 Å². The highest BCUT2D eigenvalue weighted by Gasteiger charge is 2.36. The average Bonchev–Trinajstić information content (AvgIpc) is 2.90. The highest BCUT2D eigenvalue weighted by molar-refractivity contribution is 9.10. The summed E-state index contributed by atoms with van der Waals surface area (Å²) in [7, 11) is 0. The standard InChI is InChI=1S/C29H27BrN2O5/c1-3-19(2)24-6-4-5-7-26(24)37-17-16-36-23-14-8-20(9-15-23)18-25-27(33)31-29(35)32(28(25)34)22-12-10-21(30)11-13-22/h4-15,18-19H,3,16-17H2,1-2H3,(H,31,33,35)/b25-18-. The van der Waals surface area contributed by atoms with E-state index in [-0.39, 0.29) is 5.57 Å². The van der Waals surface area contributed by atoms with Crippen molar-refractivity contribution in [3.05, 3.63) is 94.0 Å². The van der Waals surface area contributed by atoms with Crippen LogP contribution in [0.2, 0.25) is 0 Å². The first-order valence-electron chi connectivity index (χ1n) is 12.0. The highest BCUT2D eigenvalue weighted by atomic mass is 79.9. The first-order valence-corrected chi connectivity index (χ1v) is 12.8. The Balaban J connectivity index is 1.38. The van der Waals surface area contributed by atoms with Gasteiger partial charge < -0.3 is 9.47 Å². The fraction of sp³-hybridized carbons (Fsp3) is 0.207. The molecule has 37 heavy (non-hydrogen) atoms. The van der Waals surface area contributed by atoms with Crippen molar-refractivity contribution in [2.45, 2.75) is 26.2 Å². The molecule has 1 fully saturated rings. The summed E-state index contributed by atoms with van der Waals surface area (Å²) in [6.45, 7) is 5.09. The van der Waals surface area contributed by atoms with Crippen molar-refractivity contribution in [1.82, 2.24) is 5.32 Å². The van der Waals surface area contributed by atoms with Crippen molar-refractivity contribution in [1.29, 1.82) is 0 Å². The lowest BCUT2D eigenvalue weighted by Gasteiger charge is -2.26. The van der Waals surface area contributed by atoms with Gasteiger partial charge in [0, 0.05) is 4.47 Å². The Kier molecular flexibility index (Phi) is 8.40. The topological polar surface area (TPSA) is 84.9 Å². The number of barbiturate groups is 1. The van der Waals surface area contributed by atoms with Crippen LogP contribution in [0.3, 0.4) is 0 Å². The van der Waals surface area contributed by atoms with Crippen LogP contribution in [0.25, 0.3) is 6.08 Å². The monoisotopic (exact) mass is 562 g/mol. The van der Waals surface area contributed by atoms with Gasteiger partial charge in [-0.05, 0) is 72.0 Å². The summed E-state index contributed by atoms with van der Waals surface area (Å²) in [5, 5.41) is 2.23. The Morgan fingerprint density at radius 3 is 2.30 bits per heavy atom. The zero-order chi connectivity index (χ0) is 26.4. The fourth-order valence-electron chi connectivity index (χ4n) is 3.86. The molecule has 1 N–H and O–H groups in total. The van der Waals surface area contributed by atoms with E-state index in [1.54, 1.807) is 48.5 Å². The number of hydrogen-bond acceptors (Lipinski definition) is 5. The number of halogens is 1. The van der Waals surface area contributed by atoms with Gasteiger partial charge in [-0.1, -0.05) is 60.1 Å². The van der Waals surface area contributed by atoms with Crippen molar-refractivity contribution < 1.29 is 23.9 Å². The molecule has 1 saturated heterocycles. The van der Waals surface area contributed by atoms with Crippen LogP contribution >= 0.6 is 15.9 Å². The van der Waals surface area contributed by atoms with Crippen LogP contribution in [0, 0.1) is 0 Å². The van der Waals surface area contributed by atoms with E-state index >= 15 is 0 Å². The van der Waals surface area contributed by atoms with Crippen molar-refractivity contribution in [3.8, 4) is 11.5 Å². The molecule has 4 amide bonds. The summed E-state index contributed by atoms with van der Waals surface area (Å²) in [5.74, 6) is 0.488. The van der Waals surface area contributed by atoms with Crippen LogP contribution in [0.5, 0.6) is 11.5 Å². The molecule has 190 valence electrons. The number of benzene rings is 3. The van der Waals surface area contributed by atoms with E-state index in [2.05, 4.69) is 41.2 Å². The van der Waals surface area contributed by atoms with Gasteiger partial charge in [0.25, 0.3) is 11.8 Å². The minimum absolute atomic E-state index is 0.135. The quantitative estimate of drug-likeness (QED) is 0.194. The molecule has 1 heterocycles.